The number of rotatable bonds is 5. The molecule has 3 nitrogen and oxygen atoms in total. The number of likely N-dealkylation sites (tertiary alicyclic amines) is 1. The van der Waals surface area contributed by atoms with Crippen molar-refractivity contribution in [3.63, 3.8) is 0 Å². The summed E-state index contributed by atoms with van der Waals surface area (Å²) in [7, 11) is 0. The first-order chi connectivity index (χ1) is 11.7. The number of hydrogen-bond acceptors (Lipinski definition) is 2. The molecule has 1 aliphatic carbocycles. The van der Waals surface area contributed by atoms with E-state index in [0.717, 1.165) is 30.5 Å². The molecule has 0 atom stereocenters. The van der Waals surface area contributed by atoms with Crippen molar-refractivity contribution >= 4 is 12.1 Å². The van der Waals surface area contributed by atoms with Crippen LogP contribution in [0, 0.1) is 5.82 Å². The van der Waals surface area contributed by atoms with E-state index < -0.39 is 0 Å². The van der Waals surface area contributed by atoms with Crippen LogP contribution < -0.4 is 4.90 Å². The molecule has 1 aromatic carbocycles. The van der Waals surface area contributed by atoms with Gasteiger partial charge in [-0.1, -0.05) is 17.7 Å². The summed E-state index contributed by atoms with van der Waals surface area (Å²) in [5.41, 5.74) is 1.99. The Bertz CT molecular complexity index is 649. The van der Waals surface area contributed by atoms with E-state index in [-0.39, 0.29) is 17.7 Å². The molecule has 24 heavy (non-hydrogen) atoms. The van der Waals surface area contributed by atoms with Crippen LogP contribution in [-0.4, -0.2) is 37.0 Å². The normalized spacial score (nSPS) is 18.8. The first kappa shape index (κ1) is 16.7. The van der Waals surface area contributed by atoms with Crippen molar-refractivity contribution in [2.75, 3.05) is 24.5 Å². The summed E-state index contributed by atoms with van der Waals surface area (Å²) in [5.74, 6) is -0.346. The number of halogens is 2. The smallest absolute Gasteiger partial charge is 0.209 e. The highest BCUT2D eigenvalue weighted by Crippen LogP contribution is 2.28. The van der Waals surface area contributed by atoms with Crippen LogP contribution in [0.4, 0.5) is 14.5 Å². The molecule has 1 amide bonds. The molecule has 5 heteroatoms. The highest BCUT2D eigenvalue weighted by molar-refractivity contribution is 5.51. The van der Waals surface area contributed by atoms with Crippen molar-refractivity contribution in [1.82, 2.24) is 4.90 Å². The maximum absolute atomic E-state index is 13.7. The molecule has 0 unspecified atom stereocenters. The van der Waals surface area contributed by atoms with Crippen LogP contribution in [0.1, 0.15) is 25.7 Å². The van der Waals surface area contributed by atoms with Gasteiger partial charge in [-0.05, 0) is 43.5 Å². The zero-order valence-electron chi connectivity index (χ0n) is 13.6. The molecular weight excluding hydrogens is 310 g/mol. The number of piperidine rings is 1. The van der Waals surface area contributed by atoms with E-state index in [2.05, 4.69) is 4.90 Å². The van der Waals surface area contributed by atoms with E-state index in [4.69, 9.17) is 0 Å². The Morgan fingerprint density at radius 2 is 1.96 bits per heavy atom. The molecule has 0 aromatic heterocycles. The summed E-state index contributed by atoms with van der Waals surface area (Å²) in [6.07, 6.45) is 7.09. The minimum absolute atomic E-state index is 0.0876. The van der Waals surface area contributed by atoms with Gasteiger partial charge in [-0.15, -0.1) is 0 Å². The zero-order chi connectivity index (χ0) is 16.9. The van der Waals surface area contributed by atoms with Crippen molar-refractivity contribution in [2.45, 2.75) is 31.7 Å². The quantitative estimate of drug-likeness (QED) is 0.765. The maximum atomic E-state index is 13.7. The Kier molecular flexibility index (Phi) is 5.28. The summed E-state index contributed by atoms with van der Waals surface area (Å²) < 4.78 is 26.9. The fourth-order valence-electron chi connectivity index (χ4n) is 3.39. The SMILES string of the molecule is O=CN1CCC(N(CC2=CC=C(F)CC2)c2cccc(F)c2)CC1. The van der Waals surface area contributed by atoms with E-state index in [1.807, 2.05) is 12.1 Å². The number of anilines is 1. The molecule has 1 saturated heterocycles. The van der Waals surface area contributed by atoms with E-state index in [0.29, 0.717) is 32.5 Å². The Labute approximate surface area is 141 Å². The van der Waals surface area contributed by atoms with Crippen LogP contribution in [-0.2, 0) is 4.79 Å². The number of benzene rings is 1. The molecule has 1 aliphatic heterocycles. The summed E-state index contributed by atoms with van der Waals surface area (Å²) in [4.78, 5) is 14.9. The summed E-state index contributed by atoms with van der Waals surface area (Å²) in [6, 6.07) is 6.86. The summed E-state index contributed by atoms with van der Waals surface area (Å²) in [5, 5.41) is 0. The van der Waals surface area contributed by atoms with Gasteiger partial charge in [0.25, 0.3) is 0 Å². The van der Waals surface area contributed by atoms with E-state index in [1.165, 1.54) is 12.1 Å². The van der Waals surface area contributed by atoms with Crippen molar-refractivity contribution in [2.24, 2.45) is 0 Å². The van der Waals surface area contributed by atoms with Crippen LogP contribution in [0.2, 0.25) is 0 Å². The van der Waals surface area contributed by atoms with E-state index in [1.54, 1.807) is 17.0 Å². The average Bonchev–Trinajstić information content (AvgIpc) is 2.61. The second-order valence-electron chi connectivity index (χ2n) is 6.42. The topological polar surface area (TPSA) is 23.6 Å². The minimum atomic E-state index is -0.258. The monoisotopic (exact) mass is 332 g/mol. The van der Waals surface area contributed by atoms with Crippen LogP contribution in [0.25, 0.3) is 0 Å². The number of carbonyl (C=O) groups is 1. The Morgan fingerprint density at radius 3 is 2.58 bits per heavy atom. The van der Waals surface area contributed by atoms with Crippen LogP contribution in [0.15, 0.2) is 47.8 Å². The molecule has 1 heterocycles. The first-order valence-electron chi connectivity index (χ1n) is 8.41. The number of amides is 1. The predicted molar refractivity (Wildman–Crippen MR) is 90.9 cm³/mol. The number of nitrogens with zero attached hydrogens (tertiary/aromatic N) is 2. The second-order valence-corrected chi connectivity index (χ2v) is 6.42. The number of allylic oxidation sites excluding steroid dienone is 3. The molecule has 2 aliphatic rings. The van der Waals surface area contributed by atoms with Gasteiger partial charge in [0.05, 0.1) is 0 Å². The predicted octanol–water partition coefficient (Wildman–Crippen LogP) is 3.83. The molecule has 0 saturated carbocycles. The fourth-order valence-corrected chi connectivity index (χ4v) is 3.39. The molecule has 1 fully saturated rings. The third-order valence-electron chi connectivity index (χ3n) is 4.79. The molecule has 1 aromatic rings. The lowest BCUT2D eigenvalue weighted by atomic mass is 9.99. The van der Waals surface area contributed by atoms with E-state index in [9.17, 15) is 13.6 Å². The molecule has 3 rings (SSSR count). The summed E-state index contributed by atoms with van der Waals surface area (Å²) >= 11 is 0. The molecule has 128 valence electrons. The van der Waals surface area contributed by atoms with Crippen molar-refractivity contribution in [3.8, 4) is 0 Å². The van der Waals surface area contributed by atoms with Gasteiger partial charge in [0, 0.05) is 37.8 Å². The Hall–Kier alpha value is -2.17. The average molecular weight is 332 g/mol. The van der Waals surface area contributed by atoms with Gasteiger partial charge in [-0.3, -0.25) is 4.79 Å². The highest BCUT2D eigenvalue weighted by Gasteiger charge is 2.25. The lowest BCUT2D eigenvalue weighted by molar-refractivity contribution is -0.119. The lowest BCUT2D eigenvalue weighted by Crippen LogP contribution is -2.45. The molecule has 0 radical (unpaired) electrons. The van der Waals surface area contributed by atoms with Crippen molar-refractivity contribution < 1.29 is 13.6 Å². The zero-order valence-corrected chi connectivity index (χ0v) is 13.6. The Balaban J connectivity index is 1.80. The van der Waals surface area contributed by atoms with Gasteiger partial charge in [0.2, 0.25) is 6.41 Å². The van der Waals surface area contributed by atoms with Gasteiger partial charge in [-0.2, -0.15) is 0 Å². The van der Waals surface area contributed by atoms with Crippen LogP contribution in [0.3, 0.4) is 0 Å². The Morgan fingerprint density at radius 1 is 1.17 bits per heavy atom. The first-order valence-corrected chi connectivity index (χ1v) is 8.41. The van der Waals surface area contributed by atoms with Gasteiger partial charge < -0.3 is 9.80 Å². The molecular formula is C19H22F2N2O. The largest absolute Gasteiger partial charge is 0.364 e. The third-order valence-corrected chi connectivity index (χ3v) is 4.79. The molecule has 0 N–H and O–H groups in total. The second kappa shape index (κ2) is 7.60. The fraction of sp³-hybridized carbons (Fsp3) is 0.421. The third kappa shape index (κ3) is 4.02. The van der Waals surface area contributed by atoms with Crippen molar-refractivity contribution in [3.05, 3.63) is 53.6 Å². The van der Waals surface area contributed by atoms with Crippen molar-refractivity contribution in [1.29, 1.82) is 0 Å². The highest BCUT2D eigenvalue weighted by atomic mass is 19.1. The number of hydrogen-bond donors (Lipinski definition) is 0. The van der Waals surface area contributed by atoms with Gasteiger partial charge in [0.15, 0.2) is 0 Å². The summed E-state index contributed by atoms with van der Waals surface area (Å²) in [6.45, 7) is 2.10. The lowest BCUT2D eigenvalue weighted by Gasteiger charge is -2.39. The van der Waals surface area contributed by atoms with Gasteiger partial charge in [0.1, 0.15) is 11.6 Å². The van der Waals surface area contributed by atoms with Gasteiger partial charge in [-0.25, -0.2) is 8.78 Å². The maximum Gasteiger partial charge on any atom is 0.209 e. The molecule has 0 spiro atoms. The molecule has 0 bridgehead atoms. The standard InChI is InChI=1S/C19H22F2N2O/c20-16-6-4-15(5-7-16)13-23(19-3-1-2-17(21)12-19)18-8-10-22(14-24)11-9-18/h1-4,6,12,14,18H,5,7-11,13H2. The van der Waals surface area contributed by atoms with Crippen LogP contribution >= 0.6 is 0 Å². The van der Waals surface area contributed by atoms with Gasteiger partial charge >= 0.3 is 0 Å². The minimum Gasteiger partial charge on any atom is -0.364 e. The number of carbonyl (C=O) groups excluding carboxylic acids is 1. The van der Waals surface area contributed by atoms with E-state index >= 15 is 0 Å². The van der Waals surface area contributed by atoms with Crippen LogP contribution in [0.5, 0.6) is 0 Å².